The standard InChI is InChI=1S/C20H30N6OS/c1-23-8-2-4-17(14-23)25-11-9-24(10-12-25)16-20(27)22-19-6-7-21-26(19)15-18-5-3-13-28-18/h3,5-7,13,17H,2,4,8-12,14-16H2,1H3,(H,22,27). The number of anilines is 1. The van der Waals surface area contributed by atoms with Crippen LogP contribution in [0.3, 0.4) is 0 Å². The van der Waals surface area contributed by atoms with Crippen LogP contribution in [0, 0.1) is 0 Å². The Morgan fingerprint density at radius 1 is 1.25 bits per heavy atom. The van der Waals surface area contributed by atoms with Gasteiger partial charge in [0.25, 0.3) is 0 Å². The Morgan fingerprint density at radius 2 is 2.11 bits per heavy atom. The van der Waals surface area contributed by atoms with E-state index in [0.717, 1.165) is 32.0 Å². The van der Waals surface area contributed by atoms with Gasteiger partial charge in [-0.25, -0.2) is 4.68 Å². The number of hydrogen-bond acceptors (Lipinski definition) is 6. The monoisotopic (exact) mass is 402 g/mol. The highest BCUT2D eigenvalue weighted by atomic mass is 32.1. The van der Waals surface area contributed by atoms with Gasteiger partial charge < -0.3 is 10.2 Å². The van der Waals surface area contributed by atoms with E-state index in [2.05, 4.69) is 43.6 Å². The maximum absolute atomic E-state index is 12.5. The Bertz CT molecular complexity index is 753. The summed E-state index contributed by atoms with van der Waals surface area (Å²) >= 11 is 1.70. The van der Waals surface area contributed by atoms with Crippen molar-refractivity contribution >= 4 is 23.1 Å². The number of nitrogens with zero attached hydrogens (tertiary/aromatic N) is 5. The number of amides is 1. The molecule has 28 heavy (non-hydrogen) atoms. The van der Waals surface area contributed by atoms with E-state index >= 15 is 0 Å². The average molecular weight is 403 g/mol. The number of piperazine rings is 1. The second-order valence-electron chi connectivity index (χ2n) is 7.87. The molecular formula is C20H30N6OS. The molecule has 2 aliphatic heterocycles. The van der Waals surface area contributed by atoms with Crippen molar-refractivity contribution in [3.63, 3.8) is 0 Å². The van der Waals surface area contributed by atoms with E-state index in [0.29, 0.717) is 19.1 Å². The van der Waals surface area contributed by atoms with Crippen molar-refractivity contribution in [2.24, 2.45) is 0 Å². The molecule has 152 valence electrons. The summed E-state index contributed by atoms with van der Waals surface area (Å²) in [6.45, 7) is 7.57. The van der Waals surface area contributed by atoms with Crippen LogP contribution >= 0.6 is 11.3 Å². The van der Waals surface area contributed by atoms with Crippen LogP contribution in [0.4, 0.5) is 5.82 Å². The van der Waals surface area contributed by atoms with E-state index in [1.807, 2.05) is 16.8 Å². The van der Waals surface area contributed by atoms with Gasteiger partial charge in [-0.1, -0.05) is 6.07 Å². The number of hydrogen-bond donors (Lipinski definition) is 1. The third-order valence-corrected chi connectivity index (χ3v) is 6.62. The number of rotatable bonds is 6. The number of likely N-dealkylation sites (N-methyl/N-ethyl adjacent to an activating group) is 1. The van der Waals surface area contributed by atoms with Crippen LogP contribution in [0.15, 0.2) is 29.8 Å². The maximum Gasteiger partial charge on any atom is 0.239 e. The molecule has 2 fully saturated rings. The van der Waals surface area contributed by atoms with Crippen LogP contribution in [0.2, 0.25) is 0 Å². The molecular weight excluding hydrogens is 372 g/mol. The number of nitrogens with one attached hydrogen (secondary N) is 1. The Hall–Kier alpha value is -1.74. The van der Waals surface area contributed by atoms with E-state index in [1.54, 1.807) is 17.5 Å². The summed E-state index contributed by atoms with van der Waals surface area (Å²) < 4.78 is 1.85. The number of piperidine rings is 1. The van der Waals surface area contributed by atoms with E-state index < -0.39 is 0 Å². The van der Waals surface area contributed by atoms with Crippen molar-refractivity contribution in [2.75, 3.05) is 58.2 Å². The second-order valence-corrected chi connectivity index (χ2v) is 8.90. The topological polar surface area (TPSA) is 56.6 Å². The lowest BCUT2D eigenvalue weighted by molar-refractivity contribution is -0.117. The fourth-order valence-electron chi connectivity index (χ4n) is 4.22. The molecule has 2 saturated heterocycles. The molecule has 8 heteroatoms. The molecule has 2 aromatic rings. The summed E-state index contributed by atoms with van der Waals surface area (Å²) in [4.78, 5) is 21.1. The van der Waals surface area contributed by atoms with Gasteiger partial charge in [0, 0.05) is 49.7 Å². The zero-order valence-electron chi connectivity index (χ0n) is 16.6. The van der Waals surface area contributed by atoms with E-state index in [1.165, 1.54) is 30.8 Å². The first kappa shape index (κ1) is 19.6. The van der Waals surface area contributed by atoms with Crippen LogP contribution in [-0.4, -0.2) is 89.3 Å². The van der Waals surface area contributed by atoms with Crippen LogP contribution in [0.1, 0.15) is 17.7 Å². The van der Waals surface area contributed by atoms with Crippen LogP contribution in [0.5, 0.6) is 0 Å². The molecule has 1 unspecified atom stereocenters. The molecule has 0 saturated carbocycles. The highest BCUT2D eigenvalue weighted by molar-refractivity contribution is 7.09. The van der Waals surface area contributed by atoms with Gasteiger partial charge >= 0.3 is 0 Å². The highest BCUT2D eigenvalue weighted by Crippen LogP contribution is 2.17. The normalized spacial score (nSPS) is 22.4. The molecule has 0 aromatic carbocycles. The molecule has 1 N–H and O–H groups in total. The number of aromatic nitrogens is 2. The average Bonchev–Trinajstić information content (AvgIpc) is 3.35. The van der Waals surface area contributed by atoms with Crippen molar-refractivity contribution in [1.82, 2.24) is 24.5 Å². The lowest BCUT2D eigenvalue weighted by Crippen LogP contribution is -2.55. The molecule has 0 spiro atoms. The van der Waals surface area contributed by atoms with Gasteiger partial charge in [0.15, 0.2) is 0 Å². The van der Waals surface area contributed by atoms with Crippen molar-refractivity contribution in [3.8, 4) is 0 Å². The Labute approximate surface area is 170 Å². The summed E-state index contributed by atoms with van der Waals surface area (Å²) in [6.07, 6.45) is 4.34. The largest absolute Gasteiger partial charge is 0.310 e. The lowest BCUT2D eigenvalue weighted by atomic mass is 10.0. The Morgan fingerprint density at radius 3 is 2.86 bits per heavy atom. The van der Waals surface area contributed by atoms with Gasteiger partial charge in [0.1, 0.15) is 5.82 Å². The molecule has 0 radical (unpaired) electrons. The highest BCUT2D eigenvalue weighted by Gasteiger charge is 2.27. The van der Waals surface area contributed by atoms with E-state index in [4.69, 9.17) is 0 Å². The van der Waals surface area contributed by atoms with Crippen LogP contribution < -0.4 is 5.32 Å². The smallest absolute Gasteiger partial charge is 0.239 e. The SMILES string of the molecule is CN1CCCC(N2CCN(CC(=O)Nc3ccnn3Cc3cccs3)CC2)C1. The molecule has 2 aliphatic rings. The maximum atomic E-state index is 12.5. The summed E-state index contributed by atoms with van der Waals surface area (Å²) in [7, 11) is 2.22. The molecule has 2 aromatic heterocycles. The summed E-state index contributed by atoms with van der Waals surface area (Å²) in [5, 5.41) is 9.44. The third-order valence-electron chi connectivity index (χ3n) is 5.76. The zero-order valence-corrected chi connectivity index (χ0v) is 17.4. The number of likely N-dealkylation sites (tertiary alicyclic amines) is 1. The predicted octanol–water partition coefficient (Wildman–Crippen LogP) is 1.64. The fraction of sp³-hybridized carbons (Fsp3) is 0.600. The molecule has 4 rings (SSSR count). The second kappa shape index (κ2) is 9.17. The van der Waals surface area contributed by atoms with Gasteiger partial charge in [0.2, 0.25) is 5.91 Å². The van der Waals surface area contributed by atoms with Crippen LogP contribution in [-0.2, 0) is 11.3 Å². The molecule has 1 amide bonds. The fourth-order valence-corrected chi connectivity index (χ4v) is 4.91. The van der Waals surface area contributed by atoms with Gasteiger partial charge in [-0.2, -0.15) is 5.10 Å². The number of carbonyl (C=O) groups excluding carboxylic acids is 1. The minimum Gasteiger partial charge on any atom is -0.310 e. The predicted molar refractivity (Wildman–Crippen MR) is 113 cm³/mol. The first-order valence-electron chi connectivity index (χ1n) is 10.2. The quantitative estimate of drug-likeness (QED) is 0.796. The Balaban J connectivity index is 1.24. The number of thiophene rings is 1. The first-order valence-corrected chi connectivity index (χ1v) is 11.0. The van der Waals surface area contributed by atoms with Gasteiger partial charge in [-0.05, 0) is 37.9 Å². The van der Waals surface area contributed by atoms with Crippen molar-refractivity contribution < 1.29 is 4.79 Å². The minimum absolute atomic E-state index is 0.0405. The summed E-state index contributed by atoms with van der Waals surface area (Å²) in [5.74, 6) is 0.807. The zero-order chi connectivity index (χ0) is 19.3. The molecule has 4 heterocycles. The molecule has 7 nitrogen and oxygen atoms in total. The van der Waals surface area contributed by atoms with Gasteiger partial charge in [0.05, 0.1) is 19.3 Å². The van der Waals surface area contributed by atoms with Crippen molar-refractivity contribution in [3.05, 3.63) is 34.7 Å². The molecule has 1 atom stereocenters. The summed E-state index contributed by atoms with van der Waals surface area (Å²) in [6, 6.07) is 6.67. The van der Waals surface area contributed by atoms with Crippen LogP contribution in [0.25, 0.3) is 0 Å². The van der Waals surface area contributed by atoms with E-state index in [-0.39, 0.29) is 5.91 Å². The van der Waals surface area contributed by atoms with Gasteiger partial charge in [-0.15, -0.1) is 11.3 Å². The van der Waals surface area contributed by atoms with E-state index in [9.17, 15) is 4.79 Å². The lowest BCUT2D eigenvalue weighted by Gasteiger charge is -2.42. The van der Waals surface area contributed by atoms with Crippen molar-refractivity contribution in [2.45, 2.75) is 25.4 Å². The summed E-state index contributed by atoms with van der Waals surface area (Å²) in [5.41, 5.74) is 0. The van der Waals surface area contributed by atoms with Crippen molar-refractivity contribution in [1.29, 1.82) is 0 Å². The minimum atomic E-state index is 0.0405. The third kappa shape index (κ3) is 5.00. The number of carbonyl (C=O) groups is 1. The Kier molecular flexibility index (Phi) is 6.41. The first-order chi connectivity index (χ1) is 13.7. The molecule has 0 bridgehead atoms. The van der Waals surface area contributed by atoms with Gasteiger partial charge in [-0.3, -0.25) is 14.6 Å². The molecule has 0 aliphatic carbocycles.